The number of esters is 1. The van der Waals surface area contributed by atoms with Crippen LogP contribution < -0.4 is 0 Å². The first-order valence-electron chi connectivity index (χ1n) is 11.1. The molecule has 0 radical (unpaired) electrons. The number of piperidine rings is 1. The third kappa shape index (κ3) is 5.65. The van der Waals surface area contributed by atoms with E-state index in [1.54, 1.807) is 6.26 Å². The van der Waals surface area contributed by atoms with Gasteiger partial charge in [-0.15, -0.1) is 10.2 Å². The molecule has 9 heteroatoms. The Kier molecular flexibility index (Phi) is 7.49. The van der Waals surface area contributed by atoms with E-state index in [-0.39, 0.29) is 23.5 Å². The minimum Gasteiger partial charge on any atom is -0.467 e. The Morgan fingerprint density at radius 1 is 1.18 bits per heavy atom. The van der Waals surface area contributed by atoms with Crippen LogP contribution in [0.5, 0.6) is 0 Å². The highest BCUT2D eigenvalue weighted by Crippen LogP contribution is 2.27. The lowest BCUT2D eigenvalue weighted by Gasteiger charge is -2.30. The predicted octanol–water partition coefficient (Wildman–Crippen LogP) is 3.79. The minimum atomic E-state index is -0.159. The average molecular weight is 469 g/mol. The third-order valence-electron chi connectivity index (χ3n) is 5.68. The molecule has 0 spiro atoms. The molecule has 1 aliphatic rings. The second-order valence-corrected chi connectivity index (χ2v) is 8.98. The molecule has 3 heterocycles. The molecule has 0 atom stereocenters. The zero-order valence-electron chi connectivity index (χ0n) is 18.9. The summed E-state index contributed by atoms with van der Waals surface area (Å²) in [5, 5.41) is 9.46. The van der Waals surface area contributed by atoms with Gasteiger partial charge in [-0.3, -0.25) is 14.2 Å². The van der Waals surface area contributed by atoms with Crippen LogP contribution in [0.2, 0.25) is 0 Å². The van der Waals surface area contributed by atoms with Gasteiger partial charge in [0.15, 0.2) is 11.0 Å². The number of carbonyl (C=O) groups excluding carboxylic acids is 2. The molecule has 3 aromatic rings. The molecule has 4 rings (SSSR count). The van der Waals surface area contributed by atoms with Crippen molar-refractivity contribution < 1.29 is 18.7 Å². The van der Waals surface area contributed by atoms with Gasteiger partial charge in [0.1, 0.15) is 5.76 Å². The maximum absolute atomic E-state index is 12.8. The number of furan rings is 1. The number of hydrogen-bond acceptors (Lipinski definition) is 7. The largest absolute Gasteiger partial charge is 0.467 e. The molecule has 33 heavy (non-hydrogen) atoms. The highest BCUT2D eigenvalue weighted by atomic mass is 32.2. The molecule has 0 N–H and O–H groups in total. The molecule has 174 valence electrons. The van der Waals surface area contributed by atoms with E-state index in [0.29, 0.717) is 44.2 Å². The second-order valence-electron chi connectivity index (χ2n) is 8.04. The van der Waals surface area contributed by atoms with Gasteiger partial charge in [0.2, 0.25) is 5.91 Å². The van der Waals surface area contributed by atoms with Gasteiger partial charge in [-0.25, -0.2) is 0 Å². The Morgan fingerprint density at radius 3 is 2.70 bits per heavy atom. The quantitative estimate of drug-likeness (QED) is 0.367. The van der Waals surface area contributed by atoms with Crippen molar-refractivity contribution in [1.29, 1.82) is 0 Å². The number of likely N-dealkylation sites (tertiary alicyclic amines) is 1. The molecule has 1 amide bonds. The summed E-state index contributed by atoms with van der Waals surface area (Å²) in [4.78, 5) is 26.6. The van der Waals surface area contributed by atoms with Crippen molar-refractivity contribution >= 4 is 23.6 Å². The summed E-state index contributed by atoms with van der Waals surface area (Å²) in [6.07, 6.45) is 2.92. The molecule has 0 unspecified atom stereocenters. The van der Waals surface area contributed by atoms with Gasteiger partial charge in [-0.05, 0) is 44.9 Å². The van der Waals surface area contributed by atoms with Crippen molar-refractivity contribution in [3.8, 4) is 11.4 Å². The molecule has 0 bridgehead atoms. The van der Waals surface area contributed by atoms with Crippen LogP contribution in [0.3, 0.4) is 0 Å². The van der Waals surface area contributed by atoms with Crippen molar-refractivity contribution in [3.63, 3.8) is 0 Å². The molecule has 8 nitrogen and oxygen atoms in total. The van der Waals surface area contributed by atoms with Crippen LogP contribution in [-0.2, 0) is 20.9 Å². The highest BCUT2D eigenvalue weighted by molar-refractivity contribution is 7.99. The van der Waals surface area contributed by atoms with Crippen molar-refractivity contribution in [2.24, 2.45) is 5.92 Å². The molecule has 0 aliphatic carbocycles. The molecule has 1 aromatic carbocycles. The topological polar surface area (TPSA) is 90.5 Å². The normalized spacial score (nSPS) is 14.4. The second kappa shape index (κ2) is 10.7. The number of aryl methyl sites for hydroxylation is 1. The Morgan fingerprint density at radius 2 is 2.00 bits per heavy atom. The number of benzene rings is 1. The zero-order chi connectivity index (χ0) is 23.2. The Bertz CT molecular complexity index is 1090. The standard InChI is InChI=1S/C24H28N4O4S/c1-3-31-23(30)18-9-11-27(12-10-18)21(29)16-33-24-26-25-22(19-7-4-6-17(2)14-19)28(24)15-20-8-5-13-32-20/h4-8,13-14,18H,3,9-12,15-16H2,1-2H3. The lowest BCUT2D eigenvalue weighted by atomic mass is 9.97. The zero-order valence-corrected chi connectivity index (χ0v) is 19.7. The molecular weight excluding hydrogens is 440 g/mol. The maximum atomic E-state index is 12.8. The van der Waals surface area contributed by atoms with Gasteiger partial charge in [-0.2, -0.15) is 0 Å². The summed E-state index contributed by atoms with van der Waals surface area (Å²) in [5.41, 5.74) is 2.10. The molecule has 1 aliphatic heterocycles. The third-order valence-corrected chi connectivity index (χ3v) is 6.63. The fourth-order valence-corrected chi connectivity index (χ4v) is 4.78. The van der Waals surface area contributed by atoms with Crippen LogP contribution >= 0.6 is 11.8 Å². The van der Waals surface area contributed by atoms with Gasteiger partial charge in [0.05, 0.1) is 31.1 Å². The summed E-state index contributed by atoms with van der Waals surface area (Å²) in [5.74, 6) is 1.54. The van der Waals surface area contributed by atoms with Crippen LogP contribution in [0.15, 0.2) is 52.2 Å². The van der Waals surface area contributed by atoms with Crippen molar-refractivity contribution in [3.05, 3.63) is 54.0 Å². The van der Waals surface area contributed by atoms with Crippen LogP contribution in [-0.4, -0.2) is 57.0 Å². The van der Waals surface area contributed by atoms with E-state index in [2.05, 4.69) is 16.3 Å². The van der Waals surface area contributed by atoms with Crippen molar-refractivity contribution in [2.45, 2.75) is 38.4 Å². The first-order valence-corrected chi connectivity index (χ1v) is 12.1. The van der Waals surface area contributed by atoms with Crippen LogP contribution in [0.4, 0.5) is 0 Å². The van der Waals surface area contributed by atoms with E-state index in [1.165, 1.54) is 11.8 Å². The summed E-state index contributed by atoms with van der Waals surface area (Å²) >= 11 is 1.37. The highest BCUT2D eigenvalue weighted by Gasteiger charge is 2.28. The number of thioether (sulfide) groups is 1. The maximum Gasteiger partial charge on any atom is 0.309 e. The Hall–Kier alpha value is -3.07. The van der Waals surface area contributed by atoms with Gasteiger partial charge >= 0.3 is 5.97 Å². The lowest BCUT2D eigenvalue weighted by Crippen LogP contribution is -2.41. The number of amides is 1. The van der Waals surface area contributed by atoms with Crippen LogP contribution in [0.25, 0.3) is 11.4 Å². The van der Waals surface area contributed by atoms with E-state index in [1.807, 2.05) is 53.6 Å². The minimum absolute atomic E-state index is 0.0342. The summed E-state index contributed by atoms with van der Waals surface area (Å²) < 4.78 is 12.6. The Balaban J connectivity index is 1.43. The molecule has 0 saturated carbocycles. The number of aromatic nitrogens is 3. The summed E-state index contributed by atoms with van der Waals surface area (Å²) in [6.45, 7) is 5.84. The van der Waals surface area contributed by atoms with Crippen LogP contribution in [0, 0.1) is 12.8 Å². The van der Waals surface area contributed by atoms with E-state index >= 15 is 0 Å². The lowest BCUT2D eigenvalue weighted by molar-refractivity contribution is -0.151. The molecule has 2 aromatic heterocycles. The summed E-state index contributed by atoms with van der Waals surface area (Å²) in [7, 11) is 0. The number of nitrogens with zero attached hydrogens (tertiary/aromatic N) is 4. The SMILES string of the molecule is CCOC(=O)C1CCN(C(=O)CSc2nnc(-c3cccc(C)c3)n2Cc2ccco2)CC1. The van der Waals surface area contributed by atoms with Gasteiger partial charge in [0.25, 0.3) is 0 Å². The number of carbonyl (C=O) groups is 2. The Labute approximate surface area is 197 Å². The van der Waals surface area contributed by atoms with Crippen molar-refractivity contribution in [2.75, 3.05) is 25.4 Å². The molecule has 1 fully saturated rings. The first kappa shape index (κ1) is 23.1. The van der Waals surface area contributed by atoms with Gasteiger partial charge < -0.3 is 14.1 Å². The predicted molar refractivity (Wildman–Crippen MR) is 125 cm³/mol. The van der Waals surface area contributed by atoms with Crippen LogP contribution in [0.1, 0.15) is 31.1 Å². The number of rotatable bonds is 8. The smallest absolute Gasteiger partial charge is 0.309 e. The number of ether oxygens (including phenoxy) is 1. The van der Waals surface area contributed by atoms with E-state index in [4.69, 9.17) is 9.15 Å². The summed E-state index contributed by atoms with van der Waals surface area (Å²) in [6, 6.07) is 11.9. The molecule has 1 saturated heterocycles. The molecular formula is C24H28N4O4S. The van der Waals surface area contributed by atoms with E-state index in [9.17, 15) is 9.59 Å². The fraction of sp³-hybridized carbons (Fsp3) is 0.417. The monoisotopic (exact) mass is 468 g/mol. The van der Waals surface area contributed by atoms with E-state index in [0.717, 1.165) is 22.7 Å². The van der Waals surface area contributed by atoms with E-state index < -0.39 is 0 Å². The first-order chi connectivity index (χ1) is 16.0. The average Bonchev–Trinajstić information content (AvgIpc) is 3.48. The van der Waals surface area contributed by atoms with Crippen molar-refractivity contribution in [1.82, 2.24) is 19.7 Å². The number of hydrogen-bond donors (Lipinski definition) is 0. The van der Waals surface area contributed by atoms with Gasteiger partial charge in [-0.1, -0.05) is 35.5 Å². The fourth-order valence-electron chi connectivity index (χ4n) is 3.94. The van der Waals surface area contributed by atoms with Gasteiger partial charge in [0, 0.05) is 18.7 Å².